The molecular formula is C19H20N4O11S3. The molecule has 0 bridgehead atoms. The van der Waals surface area contributed by atoms with Crippen LogP contribution < -0.4 is 15.8 Å². The molecule has 18 heteroatoms. The molecule has 0 radical (unpaired) electrons. The molecule has 0 fully saturated rings. The molecule has 0 heterocycles. The molecule has 0 spiro atoms. The highest BCUT2D eigenvalue weighted by Gasteiger charge is 2.23. The Hall–Kier alpha value is -3.07. The number of nitrogen functional groups attached to an aromatic ring is 1. The molecule has 3 aromatic rings. The number of hydrogen-bond acceptors (Lipinski definition) is 14. The fraction of sp³-hybridized carbons (Fsp3) is 0.158. The smallest absolute Gasteiger partial charge is 0.296 e. The maximum absolute atomic E-state index is 12.1. The lowest BCUT2D eigenvalue weighted by Gasteiger charge is -2.12. The number of nitrogens with zero attached hydrogens (tertiary/aromatic N) is 2. The Labute approximate surface area is 214 Å². The molecule has 3 aromatic carbocycles. The first-order valence-corrected chi connectivity index (χ1v) is 13.3. The largest absolute Gasteiger partial charge is 0.495 e. The number of rotatable bonds is 11. The minimum absolute atomic E-state index is 0.00679. The normalized spacial score (nSPS) is 12.4. The summed E-state index contributed by atoms with van der Waals surface area (Å²) in [6, 6.07) is 7.03. The van der Waals surface area contributed by atoms with Gasteiger partial charge in [-0.3, -0.25) is 9.11 Å². The number of nitrogens with two attached hydrogens (primary N) is 1. The molecule has 0 atom stereocenters. The van der Waals surface area contributed by atoms with E-state index >= 15 is 0 Å². The first-order chi connectivity index (χ1) is 17.4. The van der Waals surface area contributed by atoms with Gasteiger partial charge >= 0.3 is 0 Å². The molecule has 0 unspecified atom stereocenters. The van der Waals surface area contributed by atoms with E-state index in [1.807, 2.05) is 0 Å². The van der Waals surface area contributed by atoms with E-state index in [0.29, 0.717) is 17.7 Å². The lowest BCUT2D eigenvalue weighted by atomic mass is 10.1. The molecule has 15 nitrogen and oxygen atoms in total. The van der Waals surface area contributed by atoms with Crippen molar-refractivity contribution in [1.82, 2.24) is 0 Å². The highest BCUT2D eigenvalue weighted by Crippen LogP contribution is 2.39. The number of hydrogen-bond donors (Lipinski definition) is 5. The number of azo groups is 1. The van der Waals surface area contributed by atoms with Gasteiger partial charge in [0.25, 0.3) is 20.2 Å². The van der Waals surface area contributed by atoms with Gasteiger partial charge in [0.05, 0.1) is 30.5 Å². The number of fused-ring (bicyclic) bond motifs is 1. The van der Waals surface area contributed by atoms with E-state index in [9.17, 15) is 25.9 Å². The van der Waals surface area contributed by atoms with E-state index in [4.69, 9.17) is 20.5 Å². The lowest BCUT2D eigenvalue weighted by Crippen LogP contribution is -2.04. The van der Waals surface area contributed by atoms with Gasteiger partial charge in [0.2, 0.25) is 0 Å². The van der Waals surface area contributed by atoms with E-state index in [1.165, 1.54) is 32.4 Å². The molecule has 0 amide bonds. The van der Waals surface area contributed by atoms with Crippen molar-refractivity contribution in [2.24, 2.45) is 10.2 Å². The summed E-state index contributed by atoms with van der Waals surface area (Å²) in [5.74, 6) is 0.234. The maximum atomic E-state index is 12.1. The summed E-state index contributed by atoms with van der Waals surface area (Å²) in [6.45, 7) is 0.0592. The third-order valence-electron chi connectivity index (χ3n) is 4.70. The van der Waals surface area contributed by atoms with Gasteiger partial charge < -0.3 is 20.5 Å². The Kier molecular flexibility index (Phi) is 8.89. The van der Waals surface area contributed by atoms with Crippen molar-refractivity contribution >= 4 is 65.8 Å². The summed E-state index contributed by atoms with van der Waals surface area (Å²) in [5, 5.41) is 22.4. The fourth-order valence-corrected chi connectivity index (χ4v) is 5.06. The minimum Gasteiger partial charge on any atom is -0.495 e. The van der Waals surface area contributed by atoms with Crippen molar-refractivity contribution in [3.63, 3.8) is 0 Å². The van der Waals surface area contributed by atoms with Crippen LogP contribution in [0.25, 0.3) is 10.8 Å². The second kappa shape index (κ2) is 11.5. The van der Waals surface area contributed by atoms with Gasteiger partial charge in [-0.25, -0.2) is 5.26 Å². The van der Waals surface area contributed by atoms with Gasteiger partial charge in [-0.05, 0) is 35.7 Å². The second-order valence-corrected chi connectivity index (χ2v) is 10.6. The van der Waals surface area contributed by atoms with Gasteiger partial charge in [-0.2, -0.15) is 16.8 Å². The molecule has 0 aliphatic heterocycles. The molecule has 0 saturated heterocycles. The molecule has 0 saturated carbocycles. The van der Waals surface area contributed by atoms with Crippen molar-refractivity contribution in [3.8, 4) is 5.75 Å². The molecule has 0 aliphatic rings. The number of anilines is 2. The number of nitrogens with one attached hydrogen (secondary N) is 1. The lowest BCUT2D eigenvalue weighted by molar-refractivity contribution is -0.432. The first kappa shape index (κ1) is 28.5. The van der Waals surface area contributed by atoms with E-state index < -0.39 is 35.7 Å². The van der Waals surface area contributed by atoms with Crippen LogP contribution in [-0.2, 0) is 34.3 Å². The maximum Gasteiger partial charge on any atom is 0.296 e. The third kappa shape index (κ3) is 6.83. The fourth-order valence-electron chi connectivity index (χ4n) is 3.16. The van der Waals surface area contributed by atoms with Crippen LogP contribution in [0.4, 0.5) is 22.7 Å². The van der Waals surface area contributed by atoms with Crippen LogP contribution in [0, 0.1) is 0 Å². The Morgan fingerprint density at radius 1 is 0.946 bits per heavy atom. The van der Waals surface area contributed by atoms with Crippen LogP contribution in [0.3, 0.4) is 0 Å². The molecule has 0 aliphatic carbocycles. The summed E-state index contributed by atoms with van der Waals surface area (Å²) in [7, 11) is -6.94. The zero-order valence-corrected chi connectivity index (χ0v) is 21.4. The van der Waals surface area contributed by atoms with Crippen molar-refractivity contribution in [3.05, 3.63) is 36.4 Å². The van der Waals surface area contributed by atoms with Gasteiger partial charge in [-0.15, -0.1) is 14.6 Å². The summed E-state index contributed by atoms with van der Waals surface area (Å²) < 4.78 is 82.3. The molecular weight excluding hydrogens is 556 g/mol. The topological polar surface area (TPSA) is 229 Å². The van der Waals surface area contributed by atoms with Gasteiger partial charge in [0, 0.05) is 23.5 Å². The van der Waals surface area contributed by atoms with E-state index in [0.717, 1.165) is 18.2 Å². The van der Waals surface area contributed by atoms with E-state index in [2.05, 4.69) is 24.9 Å². The van der Waals surface area contributed by atoms with Crippen LogP contribution in [0.15, 0.2) is 61.3 Å². The van der Waals surface area contributed by atoms with Crippen molar-refractivity contribution in [2.45, 2.75) is 14.7 Å². The molecule has 6 N–H and O–H groups in total. The average molecular weight is 577 g/mol. The average Bonchev–Trinajstić information content (AvgIpc) is 2.83. The van der Waals surface area contributed by atoms with E-state index in [-0.39, 0.29) is 39.5 Å². The Bertz CT molecular complexity index is 1560. The monoisotopic (exact) mass is 576 g/mol. The van der Waals surface area contributed by atoms with Crippen LogP contribution in [0.5, 0.6) is 5.75 Å². The quantitative estimate of drug-likeness (QED) is 0.0416. The van der Waals surface area contributed by atoms with Crippen molar-refractivity contribution < 1.29 is 50.0 Å². The van der Waals surface area contributed by atoms with Crippen molar-refractivity contribution in [2.75, 3.05) is 32.0 Å². The van der Waals surface area contributed by atoms with Gasteiger partial charge in [0.1, 0.15) is 33.6 Å². The van der Waals surface area contributed by atoms with Gasteiger partial charge in [0.15, 0.2) is 0 Å². The third-order valence-corrected chi connectivity index (χ3v) is 7.04. The standard InChI is InChI=1S/C19H20N4O11S3/c1-31-9-21-14-7-13(20)17(32-2)8-15(14)22-23-16-6-12-10(4-19(16)37(28,29)30)3-11(35-34-33-24)5-18(12)36(25,26)27/h3-8,21,24H,9,20H2,1-2H3,(H,25,26,27)(H,28,29,30). The Morgan fingerprint density at radius 3 is 2.22 bits per heavy atom. The van der Waals surface area contributed by atoms with Crippen LogP contribution in [-0.4, -0.2) is 52.1 Å². The summed E-state index contributed by atoms with van der Waals surface area (Å²) in [6.07, 6.45) is 0. The zero-order valence-electron chi connectivity index (χ0n) is 19.0. The summed E-state index contributed by atoms with van der Waals surface area (Å²) in [5.41, 5.74) is 6.19. The zero-order chi connectivity index (χ0) is 27.4. The SMILES string of the molecule is COCNc1cc(N)c(OC)cc1N=Nc1cc2c(S(=O)(=O)O)cc(SOOO)cc2cc1S(=O)(=O)O. The molecule has 0 aromatic heterocycles. The van der Waals surface area contributed by atoms with E-state index in [1.54, 1.807) is 0 Å². The first-order valence-electron chi connectivity index (χ1n) is 9.72. The molecule has 3 rings (SSSR count). The number of benzene rings is 3. The molecule has 37 heavy (non-hydrogen) atoms. The van der Waals surface area contributed by atoms with Gasteiger partial charge in [-0.1, -0.05) is 5.04 Å². The minimum atomic E-state index is -4.90. The predicted octanol–water partition coefficient (Wildman–Crippen LogP) is 3.78. The van der Waals surface area contributed by atoms with Crippen LogP contribution in [0.2, 0.25) is 0 Å². The van der Waals surface area contributed by atoms with Crippen LogP contribution in [0.1, 0.15) is 0 Å². The predicted molar refractivity (Wildman–Crippen MR) is 131 cm³/mol. The number of methoxy groups -OCH3 is 2. The summed E-state index contributed by atoms with van der Waals surface area (Å²) in [4.78, 5) is -1.38. The number of ether oxygens (including phenoxy) is 2. The van der Waals surface area contributed by atoms with Crippen molar-refractivity contribution in [1.29, 1.82) is 0 Å². The molecule has 200 valence electrons. The highest BCUT2D eigenvalue weighted by molar-refractivity contribution is 7.94. The van der Waals surface area contributed by atoms with Crippen LogP contribution >= 0.6 is 12.0 Å². The summed E-state index contributed by atoms with van der Waals surface area (Å²) >= 11 is 0.362. The Morgan fingerprint density at radius 2 is 1.62 bits per heavy atom. The highest BCUT2D eigenvalue weighted by atomic mass is 32.2. The second-order valence-electron chi connectivity index (χ2n) is 7.06. The Balaban J connectivity index is 2.27.